The number of carboxylic acid groups (broad SMARTS) is 1. The van der Waals surface area contributed by atoms with Crippen molar-refractivity contribution in [1.29, 1.82) is 0 Å². The van der Waals surface area contributed by atoms with Gasteiger partial charge in [0.2, 0.25) is 0 Å². The quantitative estimate of drug-likeness (QED) is 0.746. The Morgan fingerprint density at radius 2 is 2.00 bits per heavy atom. The standard InChI is InChI=1S/C13H13N3O3S/c1-7(12-16-10(6-20-12)13(18)19)15-11(17)8-2-4-9(14)5-3-8/h2-7H,14H2,1H3,(H,15,17)(H,18,19). The molecule has 0 aliphatic rings. The number of anilines is 1. The lowest BCUT2D eigenvalue weighted by atomic mass is 10.2. The zero-order valence-corrected chi connectivity index (χ0v) is 11.5. The van der Waals surface area contributed by atoms with Crippen molar-refractivity contribution in [2.45, 2.75) is 13.0 Å². The van der Waals surface area contributed by atoms with Crippen LogP contribution in [0, 0.1) is 0 Å². The average molecular weight is 291 g/mol. The molecule has 0 spiro atoms. The predicted molar refractivity (Wildman–Crippen MR) is 75.8 cm³/mol. The van der Waals surface area contributed by atoms with Crippen LogP contribution in [-0.4, -0.2) is 22.0 Å². The van der Waals surface area contributed by atoms with Crippen LogP contribution in [0.3, 0.4) is 0 Å². The first-order valence-corrected chi connectivity index (χ1v) is 6.70. The van der Waals surface area contributed by atoms with Gasteiger partial charge in [-0.05, 0) is 31.2 Å². The summed E-state index contributed by atoms with van der Waals surface area (Å²) in [5.41, 5.74) is 6.61. The fraction of sp³-hybridized carbons (Fsp3) is 0.154. The Balaban J connectivity index is 2.06. The Morgan fingerprint density at radius 1 is 1.35 bits per heavy atom. The lowest BCUT2D eigenvalue weighted by molar-refractivity contribution is 0.0691. The van der Waals surface area contributed by atoms with Gasteiger partial charge in [0, 0.05) is 16.6 Å². The van der Waals surface area contributed by atoms with Gasteiger partial charge in [0.15, 0.2) is 5.69 Å². The molecule has 0 saturated carbocycles. The van der Waals surface area contributed by atoms with E-state index in [2.05, 4.69) is 10.3 Å². The van der Waals surface area contributed by atoms with Crippen LogP contribution >= 0.6 is 11.3 Å². The highest BCUT2D eigenvalue weighted by molar-refractivity contribution is 7.09. The fourth-order valence-corrected chi connectivity index (χ4v) is 2.36. The summed E-state index contributed by atoms with van der Waals surface area (Å²) < 4.78 is 0. The van der Waals surface area contributed by atoms with Crippen LogP contribution < -0.4 is 11.1 Å². The van der Waals surface area contributed by atoms with Crippen molar-refractivity contribution in [2.75, 3.05) is 5.73 Å². The minimum atomic E-state index is -1.08. The SMILES string of the molecule is CC(NC(=O)c1ccc(N)cc1)c1nc(C(=O)O)cs1. The van der Waals surface area contributed by atoms with E-state index in [1.54, 1.807) is 31.2 Å². The highest BCUT2D eigenvalue weighted by Crippen LogP contribution is 2.18. The molecule has 0 radical (unpaired) electrons. The number of rotatable bonds is 4. The monoisotopic (exact) mass is 291 g/mol. The number of amides is 1. The third kappa shape index (κ3) is 3.12. The van der Waals surface area contributed by atoms with Gasteiger partial charge in [-0.2, -0.15) is 0 Å². The summed E-state index contributed by atoms with van der Waals surface area (Å²) in [5.74, 6) is -1.34. The van der Waals surface area contributed by atoms with Gasteiger partial charge in [0.05, 0.1) is 6.04 Å². The smallest absolute Gasteiger partial charge is 0.355 e. The number of hydrogen-bond acceptors (Lipinski definition) is 5. The zero-order valence-electron chi connectivity index (χ0n) is 10.7. The number of nitrogens with zero attached hydrogens (tertiary/aromatic N) is 1. The third-order valence-electron chi connectivity index (χ3n) is 2.63. The molecular formula is C13H13N3O3S. The molecule has 6 nitrogen and oxygen atoms in total. The number of hydrogen-bond donors (Lipinski definition) is 3. The first-order chi connectivity index (χ1) is 9.47. The first kappa shape index (κ1) is 14.0. The molecule has 2 aromatic rings. The van der Waals surface area contributed by atoms with Crippen molar-refractivity contribution < 1.29 is 14.7 Å². The second-order valence-electron chi connectivity index (χ2n) is 4.19. The number of carbonyl (C=O) groups excluding carboxylic acids is 1. The minimum absolute atomic E-state index is 0.0152. The molecular weight excluding hydrogens is 278 g/mol. The number of aromatic carboxylic acids is 1. The average Bonchev–Trinajstić information content (AvgIpc) is 2.89. The molecule has 7 heteroatoms. The van der Waals surface area contributed by atoms with Crippen LogP contribution in [0.2, 0.25) is 0 Å². The van der Waals surface area contributed by atoms with Crippen LogP contribution in [0.1, 0.15) is 38.8 Å². The van der Waals surface area contributed by atoms with Gasteiger partial charge in [0.1, 0.15) is 5.01 Å². The Kier molecular flexibility index (Phi) is 3.99. The third-order valence-corrected chi connectivity index (χ3v) is 3.66. The number of nitrogens with two attached hydrogens (primary N) is 1. The van der Waals surface area contributed by atoms with Crippen LogP contribution in [0.25, 0.3) is 0 Å². The van der Waals surface area contributed by atoms with E-state index in [4.69, 9.17) is 10.8 Å². The zero-order chi connectivity index (χ0) is 14.7. The summed E-state index contributed by atoms with van der Waals surface area (Å²) >= 11 is 1.20. The molecule has 4 N–H and O–H groups in total. The Bertz CT molecular complexity index is 637. The molecule has 0 saturated heterocycles. The second kappa shape index (κ2) is 5.70. The van der Waals surface area contributed by atoms with E-state index in [1.807, 2.05) is 0 Å². The highest BCUT2D eigenvalue weighted by Gasteiger charge is 2.16. The molecule has 1 heterocycles. The van der Waals surface area contributed by atoms with Gasteiger partial charge in [-0.25, -0.2) is 9.78 Å². The molecule has 0 aliphatic carbocycles. The molecule has 0 aliphatic heterocycles. The van der Waals surface area contributed by atoms with Gasteiger partial charge in [-0.15, -0.1) is 11.3 Å². The summed E-state index contributed by atoms with van der Waals surface area (Å²) in [6.45, 7) is 1.75. The molecule has 0 bridgehead atoms. The highest BCUT2D eigenvalue weighted by atomic mass is 32.1. The van der Waals surface area contributed by atoms with Gasteiger partial charge in [-0.1, -0.05) is 0 Å². The van der Waals surface area contributed by atoms with Crippen molar-refractivity contribution >= 4 is 28.9 Å². The van der Waals surface area contributed by atoms with E-state index >= 15 is 0 Å². The first-order valence-electron chi connectivity index (χ1n) is 5.82. The van der Waals surface area contributed by atoms with Crippen LogP contribution in [0.5, 0.6) is 0 Å². The topological polar surface area (TPSA) is 105 Å². The number of carboxylic acids is 1. The van der Waals surface area contributed by atoms with Crippen molar-refractivity contribution in [1.82, 2.24) is 10.3 Å². The molecule has 1 aromatic heterocycles. The number of carbonyl (C=O) groups is 2. The summed E-state index contributed by atoms with van der Waals surface area (Å²) in [4.78, 5) is 26.7. The Hall–Kier alpha value is -2.41. The number of nitrogen functional groups attached to an aromatic ring is 1. The number of aromatic nitrogens is 1. The van der Waals surface area contributed by atoms with Crippen LogP contribution in [0.4, 0.5) is 5.69 Å². The van der Waals surface area contributed by atoms with E-state index in [-0.39, 0.29) is 17.6 Å². The van der Waals surface area contributed by atoms with Crippen molar-refractivity contribution in [3.8, 4) is 0 Å². The van der Waals surface area contributed by atoms with E-state index in [0.29, 0.717) is 16.3 Å². The number of benzene rings is 1. The summed E-state index contributed by atoms with van der Waals surface area (Å²) in [7, 11) is 0. The second-order valence-corrected chi connectivity index (χ2v) is 5.08. The van der Waals surface area contributed by atoms with Gasteiger partial charge in [-0.3, -0.25) is 4.79 Å². The lowest BCUT2D eigenvalue weighted by Gasteiger charge is -2.11. The summed E-state index contributed by atoms with van der Waals surface area (Å²) in [5, 5.41) is 13.6. The van der Waals surface area contributed by atoms with Gasteiger partial charge >= 0.3 is 5.97 Å². The maximum absolute atomic E-state index is 12.0. The molecule has 20 heavy (non-hydrogen) atoms. The number of thiazole rings is 1. The maximum Gasteiger partial charge on any atom is 0.355 e. The molecule has 104 valence electrons. The van der Waals surface area contributed by atoms with E-state index in [1.165, 1.54) is 16.7 Å². The van der Waals surface area contributed by atoms with Crippen molar-refractivity contribution in [3.05, 3.63) is 45.9 Å². The molecule has 1 aromatic carbocycles. The molecule has 1 atom stereocenters. The molecule has 1 unspecified atom stereocenters. The lowest BCUT2D eigenvalue weighted by Crippen LogP contribution is -2.26. The molecule has 2 rings (SSSR count). The normalized spacial score (nSPS) is 11.8. The van der Waals surface area contributed by atoms with Crippen molar-refractivity contribution in [2.24, 2.45) is 0 Å². The van der Waals surface area contributed by atoms with Crippen LogP contribution in [0.15, 0.2) is 29.6 Å². The minimum Gasteiger partial charge on any atom is -0.476 e. The van der Waals surface area contributed by atoms with Gasteiger partial charge in [0.25, 0.3) is 5.91 Å². The number of nitrogens with one attached hydrogen (secondary N) is 1. The summed E-state index contributed by atoms with van der Waals surface area (Å²) in [6.07, 6.45) is 0. The maximum atomic E-state index is 12.0. The Labute approximate surface area is 119 Å². The fourth-order valence-electron chi connectivity index (χ4n) is 1.56. The van der Waals surface area contributed by atoms with Gasteiger partial charge < -0.3 is 16.2 Å². The van der Waals surface area contributed by atoms with E-state index < -0.39 is 5.97 Å². The largest absolute Gasteiger partial charge is 0.476 e. The molecule has 1 amide bonds. The van der Waals surface area contributed by atoms with E-state index in [9.17, 15) is 9.59 Å². The molecule has 0 fully saturated rings. The van der Waals surface area contributed by atoms with Crippen molar-refractivity contribution in [3.63, 3.8) is 0 Å². The Morgan fingerprint density at radius 3 is 2.55 bits per heavy atom. The predicted octanol–water partition coefficient (Wildman–Crippen LogP) is 1.91. The summed E-state index contributed by atoms with van der Waals surface area (Å²) in [6, 6.07) is 6.18. The van der Waals surface area contributed by atoms with E-state index in [0.717, 1.165) is 0 Å². The van der Waals surface area contributed by atoms with Crippen LogP contribution in [-0.2, 0) is 0 Å².